The van der Waals surface area contributed by atoms with Crippen LogP contribution in [-0.4, -0.2) is 37.9 Å². The minimum atomic E-state index is -0.0296. The van der Waals surface area contributed by atoms with Crippen molar-refractivity contribution in [1.29, 1.82) is 0 Å². The standard InChI is InChI=1S/C27H27NO3/c1-18-15-19(2)17-21(16-18)26(29)25-23-7-5-6-8-24(23)31-27(25)20-9-11-22(12-10-20)30-14-13-28(3)4/h5-12,15-17H,13-14H2,1-4H3. The molecule has 0 bridgehead atoms. The molecule has 0 atom stereocenters. The third kappa shape index (κ3) is 4.54. The van der Waals surface area contributed by atoms with Gasteiger partial charge in [0.05, 0.1) is 5.56 Å². The van der Waals surface area contributed by atoms with Gasteiger partial charge >= 0.3 is 0 Å². The maximum atomic E-state index is 13.6. The molecule has 0 N–H and O–H groups in total. The molecule has 0 saturated carbocycles. The third-order valence-electron chi connectivity index (χ3n) is 5.23. The largest absolute Gasteiger partial charge is 0.492 e. The second-order valence-electron chi connectivity index (χ2n) is 8.18. The summed E-state index contributed by atoms with van der Waals surface area (Å²) in [6.45, 7) is 5.48. The summed E-state index contributed by atoms with van der Waals surface area (Å²) < 4.78 is 12.0. The Morgan fingerprint density at radius 3 is 2.29 bits per heavy atom. The smallest absolute Gasteiger partial charge is 0.197 e. The van der Waals surface area contributed by atoms with Gasteiger partial charge in [-0.15, -0.1) is 0 Å². The highest BCUT2D eigenvalue weighted by Crippen LogP contribution is 2.36. The molecule has 4 heteroatoms. The Morgan fingerprint density at radius 2 is 1.61 bits per heavy atom. The van der Waals surface area contributed by atoms with Gasteiger partial charge in [0.15, 0.2) is 5.78 Å². The van der Waals surface area contributed by atoms with Crippen molar-refractivity contribution < 1.29 is 13.9 Å². The van der Waals surface area contributed by atoms with Crippen molar-refractivity contribution in [3.63, 3.8) is 0 Å². The fraction of sp³-hybridized carbons (Fsp3) is 0.222. The molecule has 0 radical (unpaired) electrons. The van der Waals surface area contributed by atoms with E-state index in [-0.39, 0.29) is 5.78 Å². The molecule has 158 valence electrons. The van der Waals surface area contributed by atoms with Crippen LogP contribution >= 0.6 is 0 Å². The van der Waals surface area contributed by atoms with Crippen LogP contribution in [0.1, 0.15) is 27.0 Å². The number of para-hydroxylation sites is 1. The zero-order chi connectivity index (χ0) is 22.0. The molecule has 1 aromatic heterocycles. The highest BCUT2D eigenvalue weighted by atomic mass is 16.5. The number of likely N-dealkylation sites (N-methyl/N-ethyl adjacent to an activating group) is 1. The van der Waals surface area contributed by atoms with Crippen LogP contribution in [0.25, 0.3) is 22.3 Å². The molecule has 1 heterocycles. The number of ketones is 1. The van der Waals surface area contributed by atoms with E-state index in [1.54, 1.807) is 0 Å². The normalized spacial score (nSPS) is 11.3. The number of hydrogen-bond acceptors (Lipinski definition) is 4. The molecule has 0 amide bonds. The Bertz CT molecular complexity index is 1200. The van der Waals surface area contributed by atoms with Gasteiger partial charge in [-0.2, -0.15) is 0 Å². The van der Waals surface area contributed by atoms with E-state index in [9.17, 15) is 4.79 Å². The van der Waals surface area contributed by atoms with Crippen molar-refractivity contribution in [2.75, 3.05) is 27.2 Å². The quantitative estimate of drug-likeness (QED) is 0.354. The summed E-state index contributed by atoms with van der Waals surface area (Å²) >= 11 is 0. The SMILES string of the molecule is Cc1cc(C)cc(C(=O)c2c(-c3ccc(OCCN(C)C)cc3)oc3ccccc23)c1. The van der Waals surface area contributed by atoms with E-state index in [2.05, 4.69) is 11.0 Å². The van der Waals surface area contributed by atoms with Gasteiger partial charge in [-0.1, -0.05) is 35.4 Å². The average molecular weight is 414 g/mol. The van der Waals surface area contributed by atoms with Crippen LogP contribution in [0.4, 0.5) is 0 Å². The second kappa shape index (κ2) is 8.78. The highest BCUT2D eigenvalue weighted by molar-refractivity contribution is 6.19. The van der Waals surface area contributed by atoms with Gasteiger partial charge in [0.2, 0.25) is 0 Å². The molecule has 31 heavy (non-hydrogen) atoms. The molecule has 0 spiro atoms. The van der Waals surface area contributed by atoms with Crippen molar-refractivity contribution in [2.24, 2.45) is 0 Å². The summed E-state index contributed by atoms with van der Waals surface area (Å²) in [6.07, 6.45) is 0. The minimum Gasteiger partial charge on any atom is -0.492 e. The number of rotatable bonds is 7. The van der Waals surface area contributed by atoms with Gasteiger partial charge in [0, 0.05) is 23.1 Å². The third-order valence-corrected chi connectivity index (χ3v) is 5.23. The molecule has 0 saturated heterocycles. The van der Waals surface area contributed by atoms with E-state index < -0.39 is 0 Å². The summed E-state index contributed by atoms with van der Waals surface area (Å²) in [6, 6.07) is 21.4. The predicted octanol–water partition coefficient (Wildman–Crippen LogP) is 5.89. The maximum absolute atomic E-state index is 13.6. The summed E-state index contributed by atoms with van der Waals surface area (Å²) in [4.78, 5) is 15.7. The van der Waals surface area contributed by atoms with Crippen LogP contribution in [0.15, 0.2) is 71.1 Å². The van der Waals surface area contributed by atoms with Crippen LogP contribution in [0.3, 0.4) is 0 Å². The summed E-state index contributed by atoms with van der Waals surface area (Å²) in [5.74, 6) is 1.35. The molecule has 0 unspecified atom stereocenters. The number of aryl methyl sites for hydroxylation is 2. The van der Waals surface area contributed by atoms with Gasteiger partial charge in [-0.05, 0) is 70.4 Å². The van der Waals surface area contributed by atoms with Crippen LogP contribution in [-0.2, 0) is 0 Å². The number of fused-ring (bicyclic) bond motifs is 1. The van der Waals surface area contributed by atoms with Gasteiger partial charge in [0.1, 0.15) is 23.7 Å². The molecule has 0 aliphatic carbocycles. The molecular formula is C27H27NO3. The van der Waals surface area contributed by atoms with Crippen LogP contribution in [0.2, 0.25) is 0 Å². The first-order valence-electron chi connectivity index (χ1n) is 10.4. The van der Waals surface area contributed by atoms with E-state index in [1.165, 1.54) is 0 Å². The van der Waals surface area contributed by atoms with Gasteiger partial charge < -0.3 is 14.1 Å². The molecule has 0 fully saturated rings. The molecule has 4 aromatic rings. The van der Waals surface area contributed by atoms with Gasteiger partial charge in [-0.25, -0.2) is 0 Å². The van der Waals surface area contributed by atoms with Crippen molar-refractivity contribution >= 4 is 16.8 Å². The number of benzene rings is 3. The van der Waals surface area contributed by atoms with Crippen LogP contribution < -0.4 is 4.74 Å². The van der Waals surface area contributed by atoms with E-state index in [0.29, 0.717) is 29.1 Å². The summed E-state index contributed by atoms with van der Waals surface area (Å²) in [5.41, 5.74) is 4.96. The zero-order valence-electron chi connectivity index (χ0n) is 18.4. The number of ether oxygens (including phenoxy) is 1. The topological polar surface area (TPSA) is 42.7 Å². The van der Waals surface area contributed by atoms with Crippen molar-refractivity contribution in [1.82, 2.24) is 4.90 Å². The Morgan fingerprint density at radius 1 is 0.935 bits per heavy atom. The molecule has 0 aliphatic rings. The molecule has 4 rings (SSSR count). The second-order valence-corrected chi connectivity index (χ2v) is 8.18. The Kier molecular flexibility index (Phi) is 5.92. The van der Waals surface area contributed by atoms with Crippen molar-refractivity contribution in [3.05, 3.63) is 89.0 Å². The fourth-order valence-electron chi connectivity index (χ4n) is 3.77. The number of furan rings is 1. The van der Waals surface area contributed by atoms with Crippen molar-refractivity contribution in [2.45, 2.75) is 13.8 Å². The van der Waals surface area contributed by atoms with E-state index in [4.69, 9.17) is 9.15 Å². The highest BCUT2D eigenvalue weighted by Gasteiger charge is 2.23. The zero-order valence-corrected chi connectivity index (χ0v) is 18.4. The van der Waals surface area contributed by atoms with E-state index in [0.717, 1.165) is 34.4 Å². The number of carbonyl (C=O) groups is 1. The van der Waals surface area contributed by atoms with Gasteiger partial charge in [0.25, 0.3) is 0 Å². The number of hydrogen-bond donors (Lipinski definition) is 0. The molecule has 3 aromatic carbocycles. The first-order chi connectivity index (χ1) is 14.9. The molecule has 4 nitrogen and oxygen atoms in total. The maximum Gasteiger partial charge on any atom is 0.197 e. The van der Waals surface area contributed by atoms with E-state index >= 15 is 0 Å². The fourth-order valence-corrected chi connectivity index (χ4v) is 3.77. The first-order valence-corrected chi connectivity index (χ1v) is 10.4. The lowest BCUT2D eigenvalue weighted by molar-refractivity contribution is 0.104. The lowest BCUT2D eigenvalue weighted by Crippen LogP contribution is -2.19. The Labute approximate surface area is 183 Å². The summed E-state index contributed by atoms with van der Waals surface area (Å²) in [5, 5.41) is 0.827. The predicted molar refractivity (Wildman–Crippen MR) is 125 cm³/mol. The molecular weight excluding hydrogens is 386 g/mol. The minimum absolute atomic E-state index is 0.0296. The van der Waals surface area contributed by atoms with E-state index in [1.807, 2.05) is 88.6 Å². The lowest BCUT2D eigenvalue weighted by atomic mass is 9.95. The van der Waals surface area contributed by atoms with Crippen LogP contribution in [0.5, 0.6) is 5.75 Å². The first kappa shape index (κ1) is 20.9. The monoisotopic (exact) mass is 413 g/mol. The lowest BCUT2D eigenvalue weighted by Gasteiger charge is -2.11. The number of carbonyl (C=O) groups excluding carboxylic acids is 1. The average Bonchev–Trinajstić information content (AvgIpc) is 3.12. The number of nitrogens with zero attached hydrogens (tertiary/aromatic N) is 1. The Hall–Kier alpha value is -3.37. The molecule has 0 aliphatic heterocycles. The summed E-state index contributed by atoms with van der Waals surface area (Å²) in [7, 11) is 4.03. The van der Waals surface area contributed by atoms with Crippen LogP contribution in [0, 0.1) is 13.8 Å². The van der Waals surface area contributed by atoms with Crippen molar-refractivity contribution in [3.8, 4) is 17.1 Å². The Balaban J connectivity index is 1.74. The van der Waals surface area contributed by atoms with Gasteiger partial charge in [-0.3, -0.25) is 4.79 Å².